The Bertz CT molecular complexity index is 1020. The van der Waals surface area contributed by atoms with E-state index in [4.69, 9.17) is 9.72 Å². The number of nitrogens with zero attached hydrogens (tertiary/aromatic N) is 3. The Labute approximate surface area is 273 Å². The first kappa shape index (κ1) is 34.4. The number of rotatable bonds is 7. The maximum Gasteiger partial charge on any atom is 0.0690 e. The van der Waals surface area contributed by atoms with Crippen LogP contribution < -0.4 is 25.6 Å². The highest BCUT2D eigenvalue weighted by atomic mass is 32.2. The third-order valence-corrected chi connectivity index (χ3v) is 11.9. The maximum atomic E-state index is 5.23. The molecular weight excluding hydrogens is 567 g/mol. The van der Waals surface area contributed by atoms with Gasteiger partial charge in [-0.3, -0.25) is 30.6 Å². The topological polar surface area (TPSA) is 76.7 Å². The second-order valence-electron chi connectivity index (χ2n) is 15.9. The van der Waals surface area contributed by atoms with E-state index in [0.717, 1.165) is 38.5 Å². The van der Waals surface area contributed by atoms with E-state index in [-0.39, 0.29) is 11.0 Å². The summed E-state index contributed by atoms with van der Waals surface area (Å²) in [4.78, 5) is 10.1. The monoisotopic (exact) mass is 629 g/mol. The fourth-order valence-electron chi connectivity index (χ4n) is 8.24. The van der Waals surface area contributed by atoms with Gasteiger partial charge in [-0.1, -0.05) is 32.7 Å². The second kappa shape index (κ2) is 15.3. The summed E-state index contributed by atoms with van der Waals surface area (Å²) in [5.41, 5.74) is 2.85. The number of fused-ring (bicyclic) bond motifs is 6. The summed E-state index contributed by atoms with van der Waals surface area (Å²) in [6.45, 7) is 16.3. The van der Waals surface area contributed by atoms with Crippen molar-refractivity contribution in [3.8, 4) is 0 Å². The summed E-state index contributed by atoms with van der Waals surface area (Å²) >= 11 is 1.93. The van der Waals surface area contributed by atoms with Gasteiger partial charge in [-0.25, -0.2) is 0 Å². The van der Waals surface area contributed by atoms with E-state index >= 15 is 0 Å². The first-order chi connectivity index (χ1) is 21.0. The van der Waals surface area contributed by atoms with Gasteiger partial charge in [-0.2, -0.15) is 0 Å². The minimum absolute atomic E-state index is 0.207. The lowest BCUT2D eigenvalue weighted by molar-refractivity contribution is 0.00552. The predicted octanol–water partition coefficient (Wildman–Crippen LogP) is 5.35. The Hall–Kier alpha value is -0.940. The number of piperidine rings is 2. The smallest absolute Gasteiger partial charge is 0.0690 e. The van der Waals surface area contributed by atoms with Crippen molar-refractivity contribution in [2.24, 2.45) is 17.3 Å². The molecule has 5 heterocycles. The third kappa shape index (κ3) is 9.11. The van der Waals surface area contributed by atoms with E-state index in [0.29, 0.717) is 35.7 Å². The van der Waals surface area contributed by atoms with Gasteiger partial charge >= 0.3 is 0 Å². The number of nitrogens with one attached hydrogen (secondary N) is 4. The van der Waals surface area contributed by atoms with E-state index in [1.54, 1.807) is 7.11 Å². The molecule has 0 saturated carbocycles. The largest absolute Gasteiger partial charge is 0.385 e. The molecule has 1 aromatic rings. The van der Waals surface area contributed by atoms with Crippen molar-refractivity contribution < 1.29 is 4.74 Å². The summed E-state index contributed by atoms with van der Waals surface area (Å²) < 4.78 is 9.10. The number of ether oxygens (including phenoxy) is 1. The van der Waals surface area contributed by atoms with Crippen molar-refractivity contribution >= 4 is 17.6 Å². The Morgan fingerprint density at radius 1 is 1.07 bits per heavy atom. The lowest BCUT2D eigenvalue weighted by atomic mass is 9.78. The molecule has 44 heavy (non-hydrogen) atoms. The highest BCUT2D eigenvalue weighted by Gasteiger charge is 2.47. The third-order valence-electron chi connectivity index (χ3n) is 10.9. The van der Waals surface area contributed by atoms with Gasteiger partial charge in [0.25, 0.3) is 0 Å². The molecule has 4 fully saturated rings. The Morgan fingerprint density at radius 2 is 1.91 bits per heavy atom. The van der Waals surface area contributed by atoms with E-state index in [2.05, 4.69) is 90.5 Å². The van der Waals surface area contributed by atoms with E-state index in [9.17, 15) is 0 Å². The van der Waals surface area contributed by atoms with Crippen LogP contribution in [0, 0.1) is 17.3 Å². The molecule has 4 aliphatic heterocycles. The van der Waals surface area contributed by atoms with Gasteiger partial charge < -0.3 is 9.64 Å². The lowest BCUT2D eigenvalue weighted by Crippen LogP contribution is -2.63. The van der Waals surface area contributed by atoms with Crippen LogP contribution in [-0.2, 0) is 11.2 Å². The number of pyridine rings is 1. The molecule has 0 aliphatic carbocycles. The first-order valence-corrected chi connectivity index (χ1v) is 18.5. The number of aromatic nitrogens is 1. The molecule has 7 unspecified atom stereocenters. The summed E-state index contributed by atoms with van der Waals surface area (Å²) in [7, 11) is 3.91. The first-order valence-electron chi connectivity index (χ1n) is 17.6. The molecule has 250 valence electrons. The summed E-state index contributed by atoms with van der Waals surface area (Å²) in [5.74, 6) is 1.35. The predicted molar refractivity (Wildman–Crippen MR) is 186 cm³/mol. The molecule has 4 aliphatic rings. The zero-order chi connectivity index (χ0) is 31.3. The van der Waals surface area contributed by atoms with Crippen molar-refractivity contribution in [3.63, 3.8) is 0 Å². The van der Waals surface area contributed by atoms with Crippen LogP contribution in [0.25, 0.3) is 0 Å². The number of anilines is 1. The molecule has 0 spiro atoms. The molecule has 0 aromatic carbocycles. The minimum Gasteiger partial charge on any atom is -0.385 e. The fraction of sp³-hybridized carbons (Fsp3) is 0.857. The van der Waals surface area contributed by atoms with Crippen molar-refractivity contribution in [3.05, 3.63) is 24.0 Å². The van der Waals surface area contributed by atoms with E-state index < -0.39 is 0 Å². The SMILES string of the molecule is COCCCN(C)c1ccc(CC2CC[C@@H]3CN(C4NC(C(C)(C)C)CCC4CNSC4CCCC(N2)N4)C(C)(C)C3)nc1. The lowest BCUT2D eigenvalue weighted by Gasteiger charge is -2.50. The molecule has 4 N–H and O–H groups in total. The molecule has 4 bridgehead atoms. The highest BCUT2D eigenvalue weighted by molar-refractivity contribution is 7.98. The van der Waals surface area contributed by atoms with Crippen LogP contribution in [0.3, 0.4) is 0 Å². The summed E-state index contributed by atoms with van der Waals surface area (Å²) in [6.07, 6.45) is 14.8. The van der Waals surface area contributed by atoms with E-state index in [1.807, 2.05) is 11.9 Å². The molecule has 5 rings (SSSR count). The Kier molecular flexibility index (Phi) is 12.0. The molecule has 9 heteroatoms. The standard InChI is InChI=1S/C35H63N7OS/c1-34(2,3)30-17-13-26-22-37-44-32-11-8-10-31(40-32)38-28(14-12-25-21-35(4,5)42(24-25)33(26)39-30)20-27-15-16-29(23-36-27)41(6)18-9-19-43-7/h15-16,23,25-26,28,30-33,37-40H,8-14,17-22,24H2,1-7H3/t25-,26?,28?,30?,31?,32?,33?/m0/s1. The van der Waals surface area contributed by atoms with Crippen molar-refractivity contribution in [2.75, 3.05) is 45.3 Å². The summed E-state index contributed by atoms with van der Waals surface area (Å²) in [5, 5.41) is 12.7. The number of hydrogen-bond acceptors (Lipinski definition) is 9. The van der Waals surface area contributed by atoms with Crippen LogP contribution in [0.5, 0.6) is 0 Å². The molecule has 8 atom stereocenters. The van der Waals surface area contributed by atoms with Crippen molar-refractivity contribution in [2.45, 2.75) is 134 Å². The minimum atomic E-state index is 0.207. The fourth-order valence-corrected chi connectivity index (χ4v) is 9.27. The van der Waals surface area contributed by atoms with Gasteiger partial charge in [0.15, 0.2) is 0 Å². The van der Waals surface area contributed by atoms with Gasteiger partial charge in [-0.15, -0.1) is 0 Å². The van der Waals surface area contributed by atoms with Crippen LogP contribution in [0.2, 0.25) is 0 Å². The van der Waals surface area contributed by atoms with Crippen LogP contribution in [-0.4, -0.2) is 85.6 Å². The van der Waals surface area contributed by atoms with Crippen LogP contribution in [0.1, 0.15) is 98.1 Å². The maximum absolute atomic E-state index is 5.23. The van der Waals surface area contributed by atoms with Gasteiger partial charge in [0.1, 0.15) is 0 Å². The highest BCUT2D eigenvalue weighted by Crippen LogP contribution is 2.41. The average Bonchev–Trinajstić information content (AvgIpc) is 3.29. The average molecular weight is 630 g/mol. The molecule has 0 amide bonds. The van der Waals surface area contributed by atoms with Gasteiger partial charge in [0, 0.05) is 76.1 Å². The van der Waals surface area contributed by atoms with Gasteiger partial charge in [0.05, 0.1) is 29.6 Å². The number of methoxy groups -OCH3 is 1. The molecule has 8 nitrogen and oxygen atoms in total. The zero-order valence-electron chi connectivity index (χ0n) is 28.8. The van der Waals surface area contributed by atoms with Crippen molar-refractivity contribution in [1.82, 2.24) is 30.6 Å². The Morgan fingerprint density at radius 3 is 2.66 bits per heavy atom. The molecule has 4 saturated heterocycles. The second-order valence-corrected chi connectivity index (χ2v) is 17.0. The van der Waals surface area contributed by atoms with E-state index in [1.165, 1.54) is 69.3 Å². The van der Waals surface area contributed by atoms with Gasteiger partial charge in [-0.05, 0) is 95.1 Å². The van der Waals surface area contributed by atoms with Crippen LogP contribution in [0.4, 0.5) is 5.69 Å². The zero-order valence-corrected chi connectivity index (χ0v) is 29.6. The molecular formula is C35H63N7OS. The van der Waals surface area contributed by atoms with Crippen molar-refractivity contribution in [1.29, 1.82) is 0 Å². The number of hydrogen-bond donors (Lipinski definition) is 4. The van der Waals surface area contributed by atoms with Crippen LogP contribution >= 0.6 is 11.9 Å². The van der Waals surface area contributed by atoms with Crippen LogP contribution in [0.15, 0.2) is 18.3 Å². The van der Waals surface area contributed by atoms with Gasteiger partial charge in [0.2, 0.25) is 0 Å². The Balaban J connectivity index is 1.30. The summed E-state index contributed by atoms with van der Waals surface area (Å²) in [6, 6.07) is 5.47. The molecule has 1 aromatic heterocycles. The molecule has 0 radical (unpaired) electrons. The normalized spacial score (nSPS) is 34.9. The quantitative estimate of drug-likeness (QED) is 0.236.